The van der Waals surface area contributed by atoms with Crippen molar-refractivity contribution in [2.24, 2.45) is 43.3 Å². The van der Waals surface area contributed by atoms with Gasteiger partial charge in [0.25, 0.3) is 0 Å². The van der Waals surface area contributed by atoms with Crippen LogP contribution in [0.2, 0.25) is 0 Å². The van der Waals surface area contributed by atoms with Crippen molar-refractivity contribution >= 4 is 11.8 Å². The van der Waals surface area contributed by atoms with Gasteiger partial charge in [-0.3, -0.25) is 19.0 Å². The Morgan fingerprint density at radius 1 is 0.340 bits per heavy atom. The molecule has 3 rings (SSSR count). The smallest absolute Gasteiger partial charge is 0.220 e. The van der Waals surface area contributed by atoms with Crippen LogP contribution in [0, 0.1) is 43.3 Å². The summed E-state index contributed by atoms with van der Waals surface area (Å²) in [6.45, 7) is 82.1. The van der Waals surface area contributed by atoms with Gasteiger partial charge in [-0.15, -0.1) is 15.3 Å². The number of unbranched alkanes of at least 4 members (excludes halogenated alkanes) is 1. The van der Waals surface area contributed by atoms with Gasteiger partial charge < -0.3 is 39.1 Å². The van der Waals surface area contributed by atoms with Crippen molar-refractivity contribution in [2.75, 3.05) is 92.4 Å². The van der Waals surface area contributed by atoms with Crippen LogP contribution in [0.1, 0.15) is 322 Å². The molecule has 0 aliphatic carbocycles. The molecule has 2 amide bonds. The van der Waals surface area contributed by atoms with E-state index in [1.807, 2.05) is 41.0 Å². The highest BCUT2D eigenvalue weighted by atomic mass is 16.5. The molecule has 0 bridgehead atoms. The third-order valence-electron chi connectivity index (χ3n) is 13.3. The summed E-state index contributed by atoms with van der Waals surface area (Å²) in [6, 6.07) is 0. The lowest BCUT2D eigenvalue weighted by Gasteiger charge is -2.17. The summed E-state index contributed by atoms with van der Waals surface area (Å²) in [6.07, 6.45) is 23.1. The Morgan fingerprint density at radius 3 is 1.03 bits per heavy atom. The zero-order chi connectivity index (χ0) is 78.0. The molecule has 0 spiro atoms. The van der Waals surface area contributed by atoms with Crippen molar-refractivity contribution in [3.05, 3.63) is 35.7 Å². The Hall–Kier alpha value is -3.88. The van der Waals surface area contributed by atoms with Gasteiger partial charge in [0, 0.05) is 84.0 Å². The van der Waals surface area contributed by atoms with E-state index >= 15 is 0 Å². The molecular weight excluding hydrogens is 1250 g/mol. The Labute approximate surface area is 617 Å². The summed E-state index contributed by atoms with van der Waals surface area (Å²) in [5.41, 5.74) is 5.68. The fraction of sp³-hybridized carbons (Fsp3) is 0.901. The van der Waals surface area contributed by atoms with Crippen LogP contribution in [-0.2, 0) is 76.9 Å². The van der Waals surface area contributed by atoms with E-state index in [1.54, 1.807) is 0 Å². The van der Waals surface area contributed by atoms with Gasteiger partial charge in [-0.25, -0.2) is 4.68 Å². The first-order chi connectivity index (χ1) is 46.1. The van der Waals surface area contributed by atoms with Gasteiger partial charge in [-0.05, 0) is 108 Å². The highest BCUT2D eigenvalue weighted by molar-refractivity contribution is 5.76. The largest absolute Gasteiger partial charge is 0.379 e. The van der Waals surface area contributed by atoms with Gasteiger partial charge in [0.05, 0.1) is 76.5 Å². The second kappa shape index (κ2) is 60.4. The molecule has 0 saturated heterocycles. The summed E-state index contributed by atoms with van der Waals surface area (Å²) in [5, 5.41) is 30.3. The van der Waals surface area contributed by atoms with Crippen molar-refractivity contribution in [1.82, 2.24) is 55.6 Å². The molecule has 0 aliphatic heterocycles. The van der Waals surface area contributed by atoms with Gasteiger partial charge in [-0.1, -0.05) is 263 Å². The molecule has 594 valence electrons. The zero-order valence-electron chi connectivity index (χ0n) is 71.9. The van der Waals surface area contributed by atoms with Gasteiger partial charge in [-0.2, -0.15) is 0 Å². The third-order valence-corrected chi connectivity index (χ3v) is 13.3. The Bertz CT molecular complexity index is 2220. The summed E-state index contributed by atoms with van der Waals surface area (Å²) in [4.78, 5) is 22.5. The lowest BCUT2D eigenvalue weighted by atomic mass is 9.90. The van der Waals surface area contributed by atoms with Crippen LogP contribution in [0.3, 0.4) is 0 Å². The number of hydrogen-bond acceptors (Lipinski definition) is 14. The number of rotatable bonds is 36. The highest BCUT2D eigenvalue weighted by Crippen LogP contribution is 2.23. The Balaban J connectivity index is -0.000000350. The summed E-state index contributed by atoms with van der Waals surface area (Å²) >= 11 is 0. The highest BCUT2D eigenvalue weighted by Gasteiger charge is 2.18. The van der Waals surface area contributed by atoms with Gasteiger partial charge in [0.15, 0.2) is 0 Å². The number of aromatic nitrogens is 9. The first-order valence-corrected chi connectivity index (χ1v) is 38.8. The maximum absolute atomic E-state index is 11.4. The number of hydrogen-bond donors (Lipinski definition) is 2. The Kier molecular flexibility index (Phi) is 63.3. The second-order valence-corrected chi connectivity index (χ2v) is 35.9. The van der Waals surface area contributed by atoms with Crippen molar-refractivity contribution in [3.63, 3.8) is 0 Å². The van der Waals surface area contributed by atoms with Crippen LogP contribution < -0.4 is 10.6 Å². The van der Waals surface area contributed by atoms with Gasteiger partial charge in [0.2, 0.25) is 11.8 Å². The van der Waals surface area contributed by atoms with Crippen LogP contribution >= 0.6 is 0 Å². The molecule has 19 nitrogen and oxygen atoms in total. The SMILES string of the molecule is CCC(C)(C)C.CCCCC(C)(C)C.CCCNC(=O)CC(C)(C)C.CCCOCCOCCC(C)(C)C.CCCOCCOCCNC(=O)CC(C)(C)C.CCCOCCOCCn1cc(CC(C)(C)C)nn1.CCCc1cn(CC(C)(C)C)nn1.CCCn1cc(CC(C)(C)C)nn1. The second-order valence-electron chi connectivity index (χ2n) is 35.9. The van der Waals surface area contributed by atoms with Gasteiger partial charge in [0.1, 0.15) is 0 Å². The van der Waals surface area contributed by atoms with Crippen LogP contribution in [0.5, 0.6) is 0 Å². The van der Waals surface area contributed by atoms with E-state index in [-0.39, 0.29) is 33.5 Å². The molecule has 0 aromatic carbocycles. The first-order valence-electron chi connectivity index (χ1n) is 38.8. The fourth-order valence-corrected chi connectivity index (χ4v) is 7.90. The number of nitrogens with zero attached hydrogens (tertiary/aromatic N) is 9. The molecule has 0 unspecified atom stereocenters. The summed E-state index contributed by atoms with van der Waals surface area (Å²) < 4.78 is 37.8. The molecule has 0 atom stereocenters. The number of carbonyl (C=O) groups excluding carboxylic acids is 2. The lowest BCUT2D eigenvalue weighted by molar-refractivity contribution is -0.123. The van der Waals surface area contributed by atoms with Crippen molar-refractivity contribution in [1.29, 1.82) is 0 Å². The average Bonchev–Trinajstić information content (AvgIpc) is 1.77. The quantitative estimate of drug-likeness (QED) is 0.0520. The number of nitrogens with one attached hydrogen (secondary N) is 2. The summed E-state index contributed by atoms with van der Waals surface area (Å²) in [7, 11) is 0. The molecule has 100 heavy (non-hydrogen) atoms. The molecule has 0 radical (unpaired) electrons. The molecule has 19 heteroatoms. The monoisotopic (exact) mass is 1420 g/mol. The van der Waals surface area contributed by atoms with Crippen LogP contribution in [-0.4, -0.2) is 149 Å². The minimum absolute atomic E-state index is 0.0406. The zero-order valence-corrected chi connectivity index (χ0v) is 71.9. The molecular formula is C81H167N11O8. The van der Waals surface area contributed by atoms with E-state index in [2.05, 4.69) is 255 Å². The van der Waals surface area contributed by atoms with Crippen molar-refractivity contribution in [2.45, 2.75) is 344 Å². The van der Waals surface area contributed by atoms with Crippen molar-refractivity contribution < 1.29 is 38.0 Å². The Morgan fingerprint density at radius 2 is 0.700 bits per heavy atom. The van der Waals surface area contributed by atoms with E-state index in [1.165, 1.54) is 25.7 Å². The third kappa shape index (κ3) is 90.2. The number of ether oxygens (including phenoxy) is 6. The molecule has 0 fully saturated rings. The normalized spacial score (nSPS) is 11.8. The predicted octanol–water partition coefficient (Wildman–Crippen LogP) is 19.3. The van der Waals surface area contributed by atoms with Gasteiger partial charge >= 0.3 is 0 Å². The van der Waals surface area contributed by atoms with Crippen molar-refractivity contribution in [3.8, 4) is 0 Å². The number of amides is 2. The number of aryl methyl sites for hydroxylation is 2. The lowest BCUT2D eigenvalue weighted by Crippen LogP contribution is -2.30. The topological polar surface area (TPSA) is 206 Å². The fourth-order valence-electron chi connectivity index (χ4n) is 7.90. The van der Waals surface area contributed by atoms with E-state index in [0.717, 1.165) is 147 Å². The number of carbonyl (C=O) groups is 2. The van der Waals surface area contributed by atoms with E-state index in [0.29, 0.717) is 80.7 Å². The maximum atomic E-state index is 11.4. The standard InChI is InChI=1S/C14H27N3O2.C13H27NO3.C11H24O2.2C10H19N3.C9H19NO.C8H18.C6H14/c1-5-7-18-9-10-19-8-6-17-12-13(15-16-17)11-14(2,3)4;1-5-7-16-9-10-17-8-6-14-12(15)11-13(2,3)4;1-5-7-12-9-10-13-8-6-11(2,3)4;1-5-6-13-8-9(11-12-13)7-10(2,3)4;1-5-6-9-7-13(12-11-9)8-10(2,3)4;1-5-6-10-8(11)7-9(2,3)4;1-5-6-7-8(2,3)4;1-5-6(2,3)4/h12H,5-11H2,1-4H3;5-11H2,1-4H3,(H,14,15);5-10H2,1-4H3;8H,5-7H2,1-4H3;7H,5-6,8H2,1-4H3;5-7H2,1-4H3,(H,10,11);5-7H2,1-4H3;5H2,1-4H3. The maximum Gasteiger partial charge on any atom is 0.220 e. The van der Waals surface area contributed by atoms with Crippen LogP contribution in [0.4, 0.5) is 0 Å². The minimum atomic E-state index is 0.0406. The first kappa shape index (κ1) is 105. The van der Waals surface area contributed by atoms with Crippen LogP contribution in [0.25, 0.3) is 0 Å². The van der Waals surface area contributed by atoms with E-state index < -0.39 is 0 Å². The van der Waals surface area contributed by atoms with E-state index in [4.69, 9.17) is 28.4 Å². The minimum Gasteiger partial charge on any atom is -0.379 e. The summed E-state index contributed by atoms with van der Waals surface area (Å²) in [5.74, 6) is 0.252. The molecule has 0 saturated carbocycles. The van der Waals surface area contributed by atoms with Crippen LogP contribution in [0.15, 0.2) is 18.6 Å². The molecule has 2 N–H and O–H groups in total. The van der Waals surface area contributed by atoms with E-state index in [9.17, 15) is 9.59 Å². The average molecular weight is 1420 g/mol. The molecule has 3 aromatic rings. The molecule has 3 heterocycles. The predicted molar refractivity (Wildman–Crippen MR) is 423 cm³/mol. The molecule has 0 aliphatic rings. The molecule has 3 aromatic heterocycles.